The number of esters is 1. The Labute approximate surface area is 124 Å². The van der Waals surface area contributed by atoms with Crippen molar-refractivity contribution in [3.05, 3.63) is 47.6 Å². The highest BCUT2D eigenvalue weighted by molar-refractivity contribution is 7.15. The quantitative estimate of drug-likeness (QED) is 0.422. The van der Waals surface area contributed by atoms with E-state index in [0.717, 1.165) is 5.56 Å². The number of hydrogen-bond donors (Lipinski definition) is 0. The monoisotopic (exact) mass is 300 g/mol. The first-order chi connectivity index (χ1) is 10.2. The Hall–Kier alpha value is -2.47. The van der Waals surface area contributed by atoms with E-state index < -0.39 is 11.8 Å². The van der Waals surface area contributed by atoms with Crippen LogP contribution in [0.1, 0.15) is 17.4 Å². The summed E-state index contributed by atoms with van der Waals surface area (Å²) >= 11 is 1.41. The third-order valence-corrected chi connectivity index (χ3v) is 3.74. The van der Waals surface area contributed by atoms with Gasteiger partial charge in [0, 0.05) is 17.1 Å². The number of carbonyl (C=O) groups is 2. The molecule has 1 aromatic carbocycles. The number of Topliss-reactive ketones (excluding diaryl/α,β-unsaturated/α-hetero) is 1. The molecule has 3 aromatic rings. The molecule has 0 fully saturated rings. The fourth-order valence-corrected chi connectivity index (χ4v) is 2.81. The molecule has 5 nitrogen and oxygen atoms in total. The molecule has 0 bridgehead atoms. The van der Waals surface area contributed by atoms with E-state index in [9.17, 15) is 9.59 Å². The van der Waals surface area contributed by atoms with Gasteiger partial charge in [-0.15, -0.1) is 11.3 Å². The van der Waals surface area contributed by atoms with Crippen LogP contribution in [0.25, 0.3) is 16.2 Å². The number of rotatable bonds is 4. The minimum absolute atomic E-state index is 0.164. The molecule has 0 unspecified atom stereocenters. The predicted molar refractivity (Wildman–Crippen MR) is 79.5 cm³/mol. The molecule has 106 valence electrons. The smallest absolute Gasteiger partial charge is 0.381 e. The molecular weight excluding hydrogens is 288 g/mol. The summed E-state index contributed by atoms with van der Waals surface area (Å²) in [6.07, 6.45) is 1.73. The highest BCUT2D eigenvalue weighted by Gasteiger charge is 2.27. The highest BCUT2D eigenvalue weighted by atomic mass is 32.1. The minimum atomic E-state index is -0.859. The molecule has 0 N–H and O–H groups in total. The normalized spacial score (nSPS) is 10.7. The zero-order chi connectivity index (χ0) is 14.8. The van der Waals surface area contributed by atoms with Crippen molar-refractivity contribution in [3.8, 4) is 11.3 Å². The molecule has 0 saturated heterocycles. The maximum atomic E-state index is 12.4. The third-order valence-electron chi connectivity index (χ3n) is 2.99. The number of carbonyl (C=O) groups excluding carboxylic acids is 2. The Balaban J connectivity index is 2.17. The number of aromatic nitrogens is 2. The van der Waals surface area contributed by atoms with Gasteiger partial charge in [0.15, 0.2) is 4.96 Å². The van der Waals surface area contributed by atoms with Crippen molar-refractivity contribution in [3.63, 3.8) is 0 Å². The van der Waals surface area contributed by atoms with Crippen LogP contribution in [0, 0.1) is 0 Å². The van der Waals surface area contributed by atoms with Crippen molar-refractivity contribution in [2.45, 2.75) is 6.92 Å². The van der Waals surface area contributed by atoms with Crippen molar-refractivity contribution in [2.75, 3.05) is 6.61 Å². The fraction of sp³-hybridized carbons (Fsp3) is 0.133. The van der Waals surface area contributed by atoms with Gasteiger partial charge < -0.3 is 4.74 Å². The molecule has 2 heterocycles. The van der Waals surface area contributed by atoms with Crippen LogP contribution in [0.3, 0.4) is 0 Å². The number of fused-ring (bicyclic) bond motifs is 1. The van der Waals surface area contributed by atoms with E-state index >= 15 is 0 Å². The van der Waals surface area contributed by atoms with Crippen LogP contribution in [-0.2, 0) is 9.53 Å². The van der Waals surface area contributed by atoms with E-state index in [1.54, 1.807) is 17.5 Å². The van der Waals surface area contributed by atoms with Crippen LogP contribution in [0.5, 0.6) is 0 Å². The van der Waals surface area contributed by atoms with Gasteiger partial charge >= 0.3 is 5.97 Å². The Kier molecular flexibility index (Phi) is 3.53. The maximum absolute atomic E-state index is 12.4. The second-order valence-corrected chi connectivity index (χ2v) is 5.15. The SMILES string of the molecule is CCOC(=O)C(=O)c1c(-c2ccccc2)nc2sccn12. The molecule has 0 amide bonds. The van der Waals surface area contributed by atoms with Crippen LogP contribution < -0.4 is 0 Å². The topological polar surface area (TPSA) is 60.7 Å². The number of hydrogen-bond acceptors (Lipinski definition) is 5. The zero-order valence-electron chi connectivity index (χ0n) is 11.3. The van der Waals surface area contributed by atoms with Gasteiger partial charge in [-0.25, -0.2) is 9.78 Å². The summed E-state index contributed by atoms with van der Waals surface area (Å²) in [5, 5.41) is 1.82. The molecule has 0 saturated carbocycles. The van der Waals surface area contributed by atoms with Crippen molar-refractivity contribution in [1.82, 2.24) is 9.38 Å². The lowest BCUT2D eigenvalue weighted by molar-refractivity contribution is -0.137. The van der Waals surface area contributed by atoms with Gasteiger partial charge in [0.25, 0.3) is 5.78 Å². The van der Waals surface area contributed by atoms with Gasteiger partial charge in [-0.05, 0) is 6.92 Å². The molecule has 0 aliphatic heterocycles. The van der Waals surface area contributed by atoms with E-state index in [0.29, 0.717) is 10.7 Å². The number of benzene rings is 1. The Morgan fingerprint density at radius 3 is 2.76 bits per heavy atom. The van der Waals surface area contributed by atoms with Gasteiger partial charge in [-0.2, -0.15) is 0 Å². The van der Waals surface area contributed by atoms with Crippen LogP contribution in [-0.4, -0.2) is 27.7 Å². The van der Waals surface area contributed by atoms with Crippen LogP contribution in [0.2, 0.25) is 0 Å². The number of ether oxygens (including phenoxy) is 1. The zero-order valence-corrected chi connectivity index (χ0v) is 12.1. The number of ketones is 1. The molecule has 6 heteroatoms. The molecule has 0 spiro atoms. The maximum Gasteiger partial charge on any atom is 0.381 e. The predicted octanol–water partition coefficient (Wildman–Crippen LogP) is 2.81. The summed E-state index contributed by atoms with van der Waals surface area (Å²) in [6, 6.07) is 9.32. The summed E-state index contributed by atoms with van der Waals surface area (Å²) in [4.78, 5) is 29.3. The Morgan fingerprint density at radius 1 is 1.29 bits per heavy atom. The molecular formula is C15H12N2O3S. The number of nitrogens with zero attached hydrogens (tertiary/aromatic N) is 2. The lowest BCUT2D eigenvalue weighted by Gasteiger charge is -2.03. The lowest BCUT2D eigenvalue weighted by Crippen LogP contribution is -2.19. The van der Waals surface area contributed by atoms with E-state index in [-0.39, 0.29) is 12.3 Å². The first kappa shape index (κ1) is 13.5. The fourth-order valence-electron chi connectivity index (χ4n) is 2.09. The van der Waals surface area contributed by atoms with E-state index in [4.69, 9.17) is 4.74 Å². The molecule has 0 radical (unpaired) electrons. The van der Waals surface area contributed by atoms with E-state index in [1.807, 2.05) is 35.7 Å². The summed E-state index contributed by atoms with van der Waals surface area (Å²) in [7, 11) is 0. The molecule has 0 aliphatic rings. The van der Waals surface area contributed by atoms with Gasteiger partial charge in [0.2, 0.25) is 0 Å². The second-order valence-electron chi connectivity index (χ2n) is 4.28. The van der Waals surface area contributed by atoms with Crippen molar-refractivity contribution >= 4 is 28.1 Å². The average Bonchev–Trinajstić information content (AvgIpc) is 3.08. The molecule has 3 rings (SSSR count). The summed E-state index contributed by atoms with van der Waals surface area (Å²) < 4.78 is 6.45. The Bertz CT molecular complexity index is 805. The van der Waals surface area contributed by atoms with Gasteiger partial charge in [-0.3, -0.25) is 9.20 Å². The van der Waals surface area contributed by atoms with Gasteiger partial charge in [0.1, 0.15) is 11.4 Å². The minimum Gasteiger partial charge on any atom is -0.460 e. The number of imidazole rings is 1. The van der Waals surface area contributed by atoms with Crippen LogP contribution in [0.15, 0.2) is 41.9 Å². The van der Waals surface area contributed by atoms with E-state index in [2.05, 4.69) is 4.98 Å². The highest BCUT2D eigenvalue weighted by Crippen LogP contribution is 2.27. The standard InChI is InChI=1S/C15H12N2O3S/c1-2-20-14(19)13(18)12-11(10-6-4-3-5-7-10)16-15-17(12)8-9-21-15/h3-9H,2H2,1H3. The molecule has 2 aromatic heterocycles. The first-order valence-corrected chi connectivity index (χ1v) is 7.32. The van der Waals surface area contributed by atoms with E-state index in [1.165, 1.54) is 11.3 Å². The Morgan fingerprint density at radius 2 is 2.05 bits per heavy atom. The third kappa shape index (κ3) is 2.34. The molecule has 0 atom stereocenters. The van der Waals surface area contributed by atoms with Crippen molar-refractivity contribution in [1.29, 1.82) is 0 Å². The average molecular weight is 300 g/mol. The van der Waals surface area contributed by atoms with Crippen molar-refractivity contribution in [2.24, 2.45) is 0 Å². The lowest BCUT2D eigenvalue weighted by atomic mass is 10.1. The second kappa shape index (κ2) is 5.49. The van der Waals surface area contributed by atoms with Crippen LogP contribution in [0.4, 0.5) is 0 Å². The summed E-state index contributed by atoms with van der Waals surface area (Å²) in [5.41, 5.74) is 1.54. The van der Waals surface area contributed by atoms with Gasteiger partial charge in [0.05, 0.1) is 6.61 Å². The number of thiazole rings is 1. The van der Waals surface area contributed by atoms with Crippen molar-refractivity contribution < 1.29 is 14.3 Å². The summed E-state index contributed by atoms with van der Waals surface area (Å²) in [6.45, 7) is 1.83. The summed E-state index contributed by atoms with van der Waals surface area (Å²) in [5.74, 6) is -1.54. The first-order valence-electron chi connectivity index (χ1n) is 6.44. The molecule has 0 aliphatic carbocycles. The van der Waals surface area contributed by atoms with Gasteiger partial charge in [-0.1, -0.05) is 30.3 Å². The largest absolute Gasteiger partial charge is 0.460 e. The van der Waals surface area contributed by atoms with Crippen LogP contribution >= 0.6 is 11.3 Å². The molecule has 21 heavy (non-hydrogen) atoms.